The van der Waals surface area contributed by atoms with E-state index in [1.54, 1.807) is 0 Å². The summed E-state index contributed by atoms with van der Waals surface area (Å²) >= 11 is 0. The Balaban J connectivity index is 4.18. The Kier molecular flexibility index (Phi) is 34.6. The molecule has 10 heteroatoms. The quantitative estimate of drug-likeness (QED) is 0.0280. The molecule has 0 spiro atoms. The van der Waals surface area contributed by atoms with E-state index < -0.39 is 26.5 Å². The van der Waals surface area contributed by atoms with Crippen LogP contribution in [0, 0.1) is 0 Å². The number of rotatable bonds is 37. The van der Waals surface area contributed by atoms with Crippen LogP contribution in [0.1, 0.15) is 187 Å². The SMILES string of the molecule is CCCCC/C=C/CCCCCCCC(=O)O[C@H](COC(=O)CCCCCCCCCCCCCCCCC)COP(=O)(O)OCCN. The van der Waals surface area contributed by atoms with Crippen molar-refractivity contribution >= 4 is 19.8 Å². The minimum atomic E-state index is -4.37. The van der Waals surface area contributed by atoms with Crippen molar-refractivity contribution in [2.24, 2.45) is 5.73 Å². The van der Waals surface area contributed by atoms with Gasteiger partial charge in [-0.1, -0.05) is 148 Å². The third-order valence-corrected chi connectivity index (χ3v) is 9.39. The number of ether oxygens (including phenoxy) is 2. The molecule has 0 fully saturated rings. The maximum absolute atomic E-state index is 12.5. The minimum absolute atomic E-state index is 0.0546. The fraction of sp³-hybridized carbons (Fsp3) is 0.895. The Morgan fingerprint density at radius 1 is 0.604 bits per heavy atom. The van der Waals surface area contributed by atoms with E-state index in [4.69, 9.17) is 24.3 Å². The summed E-state index contributed by atoms with van der Waals surface area (Å²) in [6.45, 7) is 3.70. The van der Waals surface area contributed by atoms with Crippen molar-refractivity contribution in [3.05, 3.63) is 12.2 Å². The molecule has 0 aromatic rings. The van der Waals surface area contributed by atoms with Crippen molar-refractivity contribution in [2.45, 2.75) is 193 Å². The van der Waals surface area contributed by atoms with E-state index >= 15 is 0 Å². The topological polar surface area (TPSA) is 134 Å². The van der Waals surface area contributed by atoms with Crippen molar-refractivity contribution in [1.82, 2.24) is 0 Å². The van der Waals surface area contributed by atoms with E-state index in [0.29, 0.717) is 6.42 Å². The van der Waals surface area contributed by atoms with Gasteiger partial charge in [0.1, 0.15) is 6.61 Å². The van der Waals surface area contributed by atoms with E-state index in [-0.39, 0.29) is 38.6 Å². The lowest BCUT2D eigenvalue weighted by Gasteiger charge is -2.19. The van der Waals surface area contributed by atoms with Gasteiger partial charge in [0.15, 0.2) is 6.10 Å². The highest BCUT2D eigenvalue weighted by Crippen LogP contribution is 2.43. The van der Waals surface area contributed by atoms with Gasteiger partial charge in [-0.15, -0.1) is 0 Å². The van der Waals surface area contributed by atoms with Gasteiger partial charge in [-0.05, 0) is 38.5 Å². The van der Waals surface area contributed by atoms with Gasteiger partial charge in [0.2, 0.25) is 0 Å². The van der Waals surface area contributed by atoms with Crippen LogP contribution in [0.15, 0.2) is 12.2 Å². The highest BCUT2D eigenvalue weighted by atomic mass is 31.2. The van der Waals surface area contributed by atoms with Crippen molar-refractivity contribution in [1.29, 1.82) is 0 Å². The van der Waals surface area contributed by atoms with E-state index in [9.17, 15) is 19.0 Å². The first-order chi connectivity index (χ1) is 23.3. The van der Waals surface area contributed by atoms with E-state index in [2.05, 4.69) is 26.0 Å². The van der Waals surface area contributed by atoms with Gasteiger partial charge >= 0.3 is 19.8 Å². The third-order valence-electron chi connectivity index (χ3n) is 8.40. The van der Waals surface area contributed by atoms with Gasteiger partial charge < -0.3 is 20.1 Å². The summed E-state index contributed by atoms with van der Waals surface area (Å²) in [7, 11) is -4.37. The van der Waals surface area contributed by atoms with Crippen LogP contribution in [0.5, 0.6) is 0 Å². The summed E-state index contributed by atoms with van der Waals surface area (Å²) in [4.78, 5) is 34.7. The maximum atomic E-state index is 12.5. The molecule has 0 aliphatic carbocycles. The van der Waals surface area contributed by atoms with Crippen molar-refractivity contribution < 1.29 is 37.6 Å². The molecule has 0 radical (unpaired) electrons. The first-order valence-electron chi connectivity index (χ1n) is 19.7. The second-order valence-electron chi connectivity index (χ2n) is 13.2. The third kappa shape index (κ3) is 34.6. The lowest BCUT2D eigenvalue weighted by molar-refractivity contribution is -0.161. The van der Waals surface area contributed by atoms with Crippen LogP contribution >= 0.6 is 7.82 Å². The first-order valence-corrected chi connectivity index (χ1v) is 21.2. The highest BCUT2D eigenvalue weighted by Gasteiger charge is 2.25. The molecule has 1 unspecified atom stereocenters. The molecule has 0 heterocycles. The summed E-state index contributed by atoms with van der Waals surface area (Å²) < 4.78 is 32.6. The predicted molar refractivity (Wildman–Crippen MR) is 197 cm³/mol. The molecule has 3 N–H and O–H groups in total. The molecule has 0 bridgehead atoms. The van der Waals surface area contributed by atoms with E-state index in [1.807, 2.05) is 0 Å². The number of carbonyl (C=O) groups is 2. The molecule has 0 saturated heterocycles. The number of allylic oxidation sites excluding steroid dienone is 2. The Morgan fingerprint density at radius 2 is 1.02 bits per heavy atom. The summed E-state index contributed by atoms with van der Waals surface area (Å²) in [6, 6.07) is 0. The molecule has 0 rings (SSSR count). The maximum Gasteiger partial charge on any atom is 0.472 e. The molecular formula is C38H74NO8P. The average Bonchev–Trinajstić information content (AvgIpc) is 3.07. The molecule has 9 nitrogen and oxygen atoms in total. The predicted octanol–water partition coefficient (Wildman–Crippen LogP) is 10.7. The number of phosphoric ester groups is 1. The van der Waals surface area contributed by atoms with E-state index in [0.717, 1.165) is 57.8 Å². The van der Waals surface area contributed by atoms with Crippen molar-refractivity contribution in [3.8, 4) is 0 Å². The number of phosphoric acid groups is 1. The normalized spacial score (nSPS) is 13.5. The molecule has 0 amide bonds. The fourth-order valence-corrected chi connectivity index (χ4v) is 6.22. The first kappa shape index (κ1) is 46.8. The highest BCUT2D eigenvalue weighted by molar-refractivity contribution is 7.47. The number of unbranched alkanes of at least 4 members (excludes halogenated alkanes) is 22. The molecule has 0 aromatic heterocycles. The van der Waals surface area contributed by atoms with E-state index in [1.165, 1.54) is 96.3 Å². The summed E-state index contributed by atoms with van der Waals surface area (Å²) in [5.74, 6) is -0.833. The standard InChI is InChI=1S/C38H74NO8P/c1-3-5-7-9-11-13-15-17-18-19-21-22-24-26-28-30-37(40)44-34-36(35-46-48(42,43)45-33-32-39)47-38(41)31-29-27-25-23-20-16-14-12-10-8-6-4-2/h12,14,36H,3-11,13,15-35,39H2,1-2H3,(H,42,43)/b14-12+/t36-/m1/s1. The Bertz CT molecular complexity index is 810. The lowest BCUT2D eigenvalue weighted by atomic mass is 10.0. The number of nitrogens with two attached hydrogens (primary N) is 1. The van der Waals surface area contributed by atoms with Crippen LogP contribution in [0.2, 0.25) is 0 Å². The molecule has 284 valence electrons. The molecule has 0 aliphatic heterocycles. The van der Waals surface area contributed by atoms with Crippen LogP contribution in [0.3, 0.4) is 0 Å². The van der Waals surface area contributed by atoms with Crippen LogP contribution in [-0.2, 0) is 32.7 Å². The fourth-order valence-electron chi connectivity index (χ4n) is 5.45. The number of hydrogen-bond donors (Lipinski definition) is 2. The number of hydrogen-bond acceptors (Lipinski definition) is 8. The number of carbonyl (C=O) groups excluding carboxylic acids is 2. The van der Waals surface area contributed by atoms with Crippen LogP contribution in [0.4, 0.5) is 0 Å². The largest absolute Gasteiger partial charge is 0.472 e. The Morgan fingerprint density at radius 3 is 1.52 bits per heavy atom. The molecule has 48 heavy (non-hydrogen) atoms. The number of esters is 2. The Labute approximate surface area is 294 Å². The zero-order valence-corrected chi connectivity index (χ0v) is 31.9. The molecular weight excluding hydrogens is 629 g/mol. The van der Waals surface area contributed by atoms with Gasteiger partial charge in [0.25, 0.3) is 0 Å². The summed E-state index contributed by atoms with van der Waals surface area (Å²) in [6.07, 6.45) is 33.8. The van der Waals surface area contributed by atoms with Gasteiger partial charge in [0, 0.05) is 19.4 Å². The van der Waals surface area contributed by atoms with Crippen molar-refractivity contribution in [3.63, 3.8) is 0 Å². The molecule has 0 aromatic carbocycles. The van der Waals surface area contributed by atoms with Crippen LogP contribution < -0.4 is 5.73 Å². The summed E-state index contributed by atoms with van der Waals surface area (Å²) in [5.41, 5.74) is 5.33. The van der Waals surface area contributed by atoms with Gasteiger partial charge in [-0.2, -0.15) is 0 Å². The molecule has 0 aliphatic rings. The minimum Gasteiger partial charge on any atom is -0.462 e. The van der Waals surface area contributed by atoms with Gasteiger partial charge in [-0.25, -0.2) is 4.57 Å². The Hall–Kier alpha value is -1.25. The van der Waals surface area contributed by atoms with Gasteiger partial charge in [-0.3, -0.25) is 18.6 Å². The second kappa shape index (κ2) is 35.6. The van der Waals surface area contributed by atoms with Crippen LogP contribution in [0.25, 0.3) is 0 Å². The van der Waals surface area contributed by atoms with Crippen molar-refractivity contribution in [2.75, 3.05) is 26.4 Å². The monoisotopic (exact) mass is 704 g/mol. The average molecular weight is 704 g/mol. The molecule has 0 saturated carbocycles. The molecule has 2 atom stereocenters. The second-order valence-corrected chi connectivity index (χ2v) is 14.6. The zero-order chi connectivity index (χ0) is 35.4. The summed E-state index contributed by atoms with van der Waals surface area (Å²) in [5, 5.41) is 0. The van der Waals surface area contributed by atoms with Gasteiger partial charge in [0.05, 0.1) is 13.2 Å². The smallest absolute Gasteiger partial charge is 0.462 e. The lowest BCUT2D eigenvalue weighted by Crippen LogP contribution is -2.29. The van der Waals surface area contributed by atoms with Crippen LogP contribution in [-0.4, -0.2) is 49.3 Å². The zero-order valence-electron chi connectivity index (χ0n) is 31.0.